The van der Waals surface area contributed by atoms with Crippen LogP contribution in [0, 0.1) is 0 Å². The number of hydrogen-bond acceptors (Lipinski definition) is 5. The lowest BCUT2D eigenvalue weighted by Gasteiger charge is -2.40. The highest BCUT2D eigenvalue weighted by Gasteiger charge is 2.30. The van der Waals surface area contributed by atoms with Crippen LogP contribution in [-0.2, 0) is 0 Å². The Morgan fingerprint density at radius 3 is 2.36 bits per heavy atom. The van der Waals surface area contributed by atoms with E-state index < -0.39 is 0 Å². The van der Waals surface area contributed by atoms with Crippen molar-refractivity contribution in [3.05, 3.63) is 18.2 Å². The molecule has 154 valence electrons. The number of ether oxygens (including phenoxy) is 1. The minimum Gasteiger partial charge on any atom is -0.491 e. The van der Waals surface area contributed by atoms with E-state index in [2.05, 4.69) is 29.4 Å². The van der Waals surface area contributed by atoms with Gasteiger partial charge < -0.3 is 4.74 Å². The predicted octanol–water partition coefficient (Wildman–Crippen LogP) is 7.45. The van der Waals surface area contributed by atoms with Gasteiger partial charge in [-0.2, -0.15) is 0 Å². The summed E-state index contributed by atoms with van der Waals surface area (Å²) in [6.07, 6.45) is 16.1. The van der Waals surface area contributed by atoms with E-state index in [-0.39, 0.29) is 0 Å². The second-order valence-corrected chi connectivity index (χ2v) is 10.6. The van der Waals surface area contributed by atoms with Crippen LogP contribution in [0.25, 0.3) is 10.2 Å². The average molecular weight is 419 g/mol. The molecule has 0 atom stereocenters. The number of nitrogens with zero attached hydrogens (tertiary/aromatic N) is 2. The van der Waals surface area contributed by atoms with Crippen molar-refractivity contribution >= 4 is 33.5 Å². The summed E-state index contributed by atoms with van der Waals surface area (Å²) >= 11 is 3.79. The highest BCUT2D eigenvalue weighted by molar-refractivity contribution is 7.99. The fraction of sp³-hybridized carbons (Fsp3) is 0.696. The monoisotopic (exact) mass is 418 g/mol. The summed E-state index contributed by atoms with van der Waals surface area (Å²) in [7, 11) is 0. The molecule has 28 heavy (non-hydrogen) atoms. The molecule has 2 aliphatic rings. The van der Waals surface area contributed by atoms with Crippen LogP contribution in [0.3, 0.4) is 0 Å². The molecule has 2 aliphatic carbocycles. The van der Waals surface area contributed by atoms with Crippen molar-refractivity contribution in [3.63, 3.8) is 0 Å². The fourth-order valence-electron chi connectivity index (χ4n) is 4.59. The van der Waals surface area contributed by atoms with Crippen LogP contribution in [0.1, 0.15) is 84.0 Å². The van der Waals surface area contributed by atoms with Crippen LogP contribution in [0.5, 0.6) is 5.75 Å². The van der Waals surface area contributed by atoms with Crippen LogP contribution in [0.15, 0.2) is 22.5 Å². The first-order valence-electron chi connectivity index (χ1n) is 11.3. The number of hydrogen-bond donors (Lipinski definition) is 0. The summed E-state index contributed by atoms with van der Waals surface area (Å²) in [5, 5.41) is 0. The zero-order valence-corrected chi connectivity index (χ0v) is 18.8. The van der Waals surface area contributed by atoms with Gasteiger partial charge in [-0.3, -0.25) is 0 Å². The Labute approximate surface area is 178 Å². The van der Waals surface area contributed by atoms with Gasteiger partial charge in [-0.15, -0.1) is 11.3 Å². The summed E-state index contributed by atoms with van der Waals surface area (Å²) < 4.78 is 11.2. The molecule has 5 heteroatoms. The van der Waals surface area contributed by atoms with Gasteiger partial charge >= 0.3 is 0 Å². The first-order valence-corrected chi connectivity index (χ1v) is 12.9. The van der Waals surface area contributed by atoms with E-state index in [0.29, 0.717) is 0 Å². The minimum absolute atomic E-state index is 0.731. The molecule has 2 fully saturated rings. The summed E-state index contributed by atoms with van der Waals surface area (Å²) in [6, 6.07) is 7.83. The Morgan fingerprint density at radius 1 is 1.04 bits per heavy atom. The van der Waals surface area contributed by atoms with Gasteiger partial charge in [0.25, 0.3) is 0 Å². The van der Waals surface area contributed by atoms with E-state index in [1.165, 1.54) is 73.2 Å². The van der Waals surface area contributed by atoms with E-state index >= 15 is 0 Å². The van der Waals surface area contributed by atoms with Gasteiger partial charge in [-0.1, -0.05) is 57.9 Å². The molecule has 0 unspecified atom stereocenters. The van der Waals surface area contributed by atoms with Crippen molar-refractivity contribution in [3.8, 4) is 5.75 Å². The van der Waals surface area contributed by atoms with Gasteiger partial charge in [-0.25, -0.2) is 9.29 Å². The summed E-state index contributed by atoms with van der Waals surface area (Å²) in [5.41, 5.74) is 1.05. The van der Waals surface area contributed by atoms with Crippen molar-refractivity contribution in [2.24, 2.45) is 0 Å². The van der Waals surface area contributed by atoms with Crippen LogP contribution in [0.2, 0.25) is 0 Å². The largest absolute Gasteiger partial charge is 0.491 e. The molecule has 2 aromatic rings. The molecule has 2 saturated carbocycles. The predicted molar refractivity (Wildman–Crippen MR) is 121 cm³/mol. The normalized spacial score (nSPS) is 19.5. The Kier molecular flexibility index (Phi) is 7.54. The minimum atomic E-state index is 0.731. The van der Waals surface area contributed by atoms with Gasteiger partial charge in [0.15, 0.2) is 4.34 Å². The van der Waals surface area contributed by atoms with Crippen molar-refractivity contribution in [2.45, 2.75) is 100 Å². The van der Waals surface area contributed by atoms with Crippen molar-refractivity contribution in [2.75, 3.05) is 6.61 Å². The fourth-order valence-corrected chi connectivity index (χ4v) is 7.02. The SMILES string of the molecule is CCCCOc1cccc2sc(SN(C3CCCCC3)C3CCCCC3)nc12. The van der Waals surface area contributed by atoms with Crippen molar-refractivity contribution in [1.82, 2.24) is 9.29 Å². The maximum atomic E-state index is 6.03. The number of aromatic nitrogens is 1. The quantitative estimate of drug-likeness (QED) is 0.328. The number of para-hydroxylation sites is 1. The highest BCUT2D eigenvalue weighted by Crippen LogP contribution is 2.41. The van der Waals surface area contributed by atoms with Gasteiger partial charge in [0, 0.05) is 12.1 Å². The van der Waals surface area contributed by atoms with E-state index in [1.54, 1.807) is 0 Å². The average Bonchev–Trinajstić information content (AvgIpc) is 3.17. The number of fused-ring (bicyclic) bond motifs is 1. The lowest BCUT2D eigenvalue weighted by molar-refractivity contribution is 0.185. The number of thiazole rings is 1. The second-order valence-electron chi connectivity index (χ2n) is 8.32. The molecule has 0 N–H and O–H groups in total. The summed E-state index contributed by atoms with van der Waals surface area (Å²) in [5.74, 6) is 0.955. The third-order valence-electron chi connectivity index (χ3n) is 6.17. The first kappa shape index (κ1) is 20.5. The van der Waals surface area contributed by atoms with E-state index in [4.69, 9.17) is 9.72 Å². The molecule has 0 radical (unpaired) electrons. The summed E-state index contributed by atoms with van der Waals surface area (Å²) in [4.78, 5) is 5.04. The van der Waals surface area contributed by atoms with Crippen LogP contribution < -0.4 is 4.74 Å². The maximum Gasteiger partial charge on any atom is 0.166 e. The van der Waals surface area contributed by atoms with Crippen LogP contribution in [0.4, 0.5) is 0 Å². The third-order valence-corrected chi connectivity index (χ3v) is 8.51. The standard InChI is InChI=1S/C23H34N2OS2/c1-2-3-17-26-20-15-10-16-21-22(20)24-23(27-21)28-25(18-11-6-4-7-12-18)19-13-8-5-9-14-19/h10,15-16,18-19H,2-9,11-14,17H2,1H3. The van der Waals surface area contributed by atoms with Gasteiger partial charge in [0.1, 0.15) is 11.3 Å². The second kappa shape index (κ2) is 10.3. The zero-order chi connectivity index (χ0) is 19.2. The molecule has 1 heterocycles. The molecule has 0 spiro atoms. The smallest absolute Gasteiger partial charge is 0.166 e. The van der Waals surface area contributed by atoms with Crippen LogP contribution in [-0.4, -0.2) is 28.0 Å². The van der Waals surface area contributed by atoms with Crippen LogP contribution >= 0.6 is 23.3 Å². The van der Waals surface area contributed by atoms with E-state index in [0.717, 1.165) is 42.8 Å². The first-order chi connectivity index (χ1) is 13.8. The van der Waals surface area contributed by atoms with E-state index in [9.17, 15) is 0 Å². The number of rotatable bonds is 8. The Bertz CT molecular complexity index is 717. The Hall–Kier alpha value is -0.780. The molecule has 0 aliphatic heterocycles. The third kappa shape index (κ3) is 5.03. The molecule has 0 saturated heterocycles. The number of benzene rings is 1. The van der Waals surface area contributed by atoms with Gasteiger partial charge in [0.2, 0.25) is 0 Å². The summed E-state index contributed by atoms with van der Waals surface area (Å²) in [6.45, 7) is 2.98. The Balaban J connectivity index is 1.53. The van der Waals surface area contributed by atoms with Crippen molar-refractivity contribution in [1.29, 1.82) is 0 Å². The topological polar surface area (TPSA) is 25.4 Å². The van der Waals surface area contributed by atoms with E-state index in [1.807, 2.05) is 23.3 Å². The Morgan fingerprint density at radius 2 is 1.71 bits per heavy atom. The molecule has 1 aromatic carbocycles. The number of unbranched alkanes of at least 4 members (excludes halogenated alkanes) is 1. The molecule has 0 amide bonds. The molecular weight excluding hydrogens is 384 g/mol. The molecule has 1 aromatic heterocycles. The van der Waals surface area contributed by atoms with Crippen molar-refractivity contribution < 1.29 is 4.74 Å². The molecule has 3 nitrogen and oxygen atoms in total. The lowest BCUT2D eigenvalue weighted by atomic mass is 9.91. The highest BCUT2D eigenvalue weighted by atomic mass is 32.2. The zero-order valence-electron chi connectivity index (χ0n) is 17.2. The molecular formula is C23H34N2OS2. The lowest BCUT2D eigenvalue weighted by Crippen LogP contribution is -2.40. The molecule has 0 bridgehead atoms. The molecule has 4 rings (SSSR count). The van der Waals surface area contributed by atoms with Gasteiger partial charge in [0.05, 0.1) is 11.3 Å². The maximum absolute atomic E-state index is 6.03. The van der Waals surface area contributed by atoms with Gasteiger partial charge in [-0.05, 0) is 56.2 Å².